The van der Waals surface area contributed by atoms with Crippen LogP contribution in [0, 0.1) is 6.92 Å². The molecule has 0 aliphatic carbocycles. The molecule has 7 nitrogen and oxygen atoms in total. The number of hydrogen-bond acceptors (Lipinski definition) is 6. The Bertz CT molecular complexity index is 505. The summed E-state index contributed by atoms with van der Waals surface area (Å²) in [5.74, 6) is 2.47. The highest BCUT2D eigenvalue weighted by molar-refractivity contribution is 5.55. The Morgan fingerprint density at radius 1 is 1.29 bits per heavy atom. The van der Waals surface area contributed by atoms with E-state index in [1.54, 1.807) is 6.33 Å². The summed E-state index contributed by atoms with van der Waals surface area (Å²) in [6, 6.07) is 0. The summed E-state index contributed by atoms with van der Waals surface area (Å²) in [5.41, 5.74) is 0.983. The standard InChI is InChI=1S/C10H15N7/c1-7-9(11-2)13-5-14-10(7)12-4-8-16-15-6-17(8)3/h5-6H,4H2,1-3H3,(H2,11,12,13,14). The third kappa shape index (κ3) is 2.32. The van der Waals surface area contributed by atoms with Crippen molar-refractivity contribution in [1.82, 2.24) is 24.7 Å². The molecule has 7 heteroatoms. The summed E-state index contributed by atoms with van der Waals surface area (Å²) >= 11 is 0. The second-order valence-corrected chi connectivity index (χ2v) is 3.66. The molecular weight excluding hydrogens is 218 g/mol. The molecule has 0 unspecified atom stereocenters. The molecule has 0 fully saturated rings. The maximum atomic E-state index is 4.20. The van der Waals surface area contributed by atoms with Gasteiger partial charge in [-0.3, -0.25) is 0 Å². The monoisotopic (exact) mass is 233 g/mol. The van der Waals surface area contributed by atoms with E-state index in [0.717, 1.165) is 23.0 Å². The van der Waals surface area contributed by atoms with Gasteiger partial charge in [0.1, 0.15) is 24.3 Å². The molecule has 2 rings (SSSR count). The van der Waals surface area contributed by atoms with Gasteiger partial charge in [-0.15, -0.1) is 10.2 Å². The average Bonchev–Trinajstić information content (AvgIpc) is 2.74. The molecule has 2 aromatic heterocycles. The highest BCUT2D eigenvalue weighted by Gasteiger charge is 2.06. The minimum absolute atomic E-state index is 0.581. The van der Waals surface area contributed by atoms with E-state index in [9.17, 15) is 0 Å². The van der Waals surface area contributed by atoms with Crippen LogP contribution in [0.15, 0.2) is 12.7 Å². The molecule has 0 saturated heterocycles. The molecule has 90 valence electrons. The number of aromatic nitrogens is 5. The van der Waals surface area contributed by atoms with Gasteiger partial charge in [0.15, 0.2) is 5.82 Å². The summed E-state index contributed by atoms with van der Waals surface area (Å²) in [6.07, 6.45) is 3.20. The molecule has 0 amide bonds. The van der Waals surface area contributed by atoms with Crippen molar-refractivity contribution in [2.45, 2.75) is 13.5 Å². The van der Waals surface area contributed by atoms with E-state index in [4.69, 9.17) is 0 Å². The smallest absolute Gasteiger partial charge is 0.151 e. The van der Waals surface area contributed by atoms with Crippen molar-refractivity contribution in [3.05, 3.63) is 24.0 Å². The summed E-state index contributed by atoms with van der Waals surface area (Å²) in [7, 11) is 3.74. The summed E-state index contributed by atoms with van der Waals surface area (Å²) in [4.78, 5) is 8.32. The molecule has 0 spiro atoms. The molecule has 0 aliphatic heterocycles. The number of aryl methyl sites for hydroxylation is 1. The summed E-state index contributed by atoms with van der Waals surface area (Å²) in [5, 5.41) is 14.0. The van der Waals surface area contributed by atoms with Crippen molar-refractivity contribution in [3.8, 4) is 0 Å². The van der Waals surface area contributed by atoms with Gasteiger partial charge in [0.05, 0.1) is 6.54 Å². The van der Waals surface area contributed by atoms with E-state index in [1.807, 2.05) is 25.6 Å². The minimum atomic E-state index is 0.581. The number of hydrogen-bond donors (Lipinski definition) is 2. The first kappa shape index (κ1) is 11.3. The van der Waals surface area contributed by atoms with Crippen LogP contribution in [-0.4, -0.2) is 31.8 Å². The molecule has 0 radical (unpaired) electrons. The molecule has 2 heterocycles. The molecule has 0 aliphatic rings. The summed E-state index contributed by atoms with van der Waals surface area (Å²) < 4.78 is 1.86. The van der Waals surface area contributed by atoms with Gasteiger partial charge in [-0.05, 0) is 6.92 Å². The Morgan fingerprint density at radius 3 is 2.71 bits per heavy atom. The van der Waals surface area contributed by atoms with Gasteiger partial charge in [0.25, 0.3) is 0 Å². The number of anilines is 2. The summed E-state index contributed by atoms with van der Waals surface area (Å²) in [6.45, 7) is 2.54. The van der Waals surface area contributed by atoms with E-state index in [-0.39, 0.29) is 0 Å². The minimum Gasteiger partial charge on any atom is -0.373 e. The van der Waals surface area contributed by atoms with Crippen LogP contribution >= 0.6 is 0 Å². The van der Waals surface area contributed by atoms with Crippen molar-refractivity contribution in [3.63, 3.8) is 0 Å². The lowest BCUT2D eigenvalue weighted by Crippen LogP contribution is -2.09. The van der Waals surface area contributed by atoms with Gasteiger partial charge in [0, 0.05) is 19.7 Å². The number of nitrogens with one attached hydrogen (secondary N) is 2. The molecule has 0 aromatic carbocycles. The first-order chi connectivity index (χ1) is 8.22. The second-order valence-electron chi connectivity index (χ2n) is 3.66. The van der Waals surface area contributed by atoms with Crippen molar-refractivity contribution in [2.24, 2.45) is 7.05 Å². The third-order valence-electron chi connectivity index (χ3n) is 2.54. The Balaban J connectivity index is 2.12. The van der Waals surface area contributed by atoms with Crippen molar-refractivity contribution >= 4 is 11.6 Å². The van der Waals surface area contributed by atoms with Crippen LogP contribution in [0.3, 0.4) is 0 Å². The van der Waals surface area contributed by atoms with E-state index in [1.165, 1.54) is 6.33 Å². The van der Waals surface area contributed by atoms with Gasteiger partial charge < -0.3 is 15.2 Å². The largest absolute Gasteiger partial charge is 0.373 e. The maximum absolute atomic E-state index is 4.20. The van der Waals surface area contributed by atoms with E-state index in [0.29, 0.717) is 6.54 Å². The van der Waals surface area contributed by atoms with Gasteiger partial charge in [-0.25, -0.2) is 9.97 Å². The average molecular weight is 233 g/mol. The van der Waals surface area contributed by atoms with E-state index < -0.39 is 0 Å². The fourth-order valence-corrected chi connectivity index (χ4v) is 1.51. The Morgan fingerprint density at radius 2 is 2.06 bits per heavy atom. The van der Waals surface area contributed by atoms with Gasteiger partial charge in [-0.1, -0.05) is 0 Å². The van der Waals surface area contributed by atoms with Gasteiger partial charge in [-0.2, -0.15) is 0 Å². The van der Waals surface area contributed by atoms with E-state index >= 15 is 0 Å². The fraction of sp³-hybridized carbons (Fsp3) is 0.400. The van der Waals surface area contributed by atoms with Crippen LogP contribution in [0.2, 0.25) is 0 Å². The molecular formula is C10H15N7. The van der Waals surface area contributed by atoms with Crippen LogP contribution in [0.25, 0.3) is 0 Å². The van der Waals surface area contributed by atoms with Crippen molar-refractivity contribution in [1.29, 1.82) is 0 Å². The predicted molar refractivity (Wildman–Crippen MR) is 64.6 cm³/mol. The zero-order valence-electron chi connectivity index (χ0n) is 10.1. The molecule has 0 saturated carbocycles. The van der Waals surface area contributed by atoms with Crippen LogP contribution < -0.4 is 10.6 Å². The zero-order chi connectivity index (χ0) is 12.3. The molecule has 2 N–H and O–H groups in total. The fourth-order valence-electron chi connectivity index (χ4n) is 1.51. The Labute approximate surface area is 99.3 Å². The second kappa shape index (κ2) is 4.77. The zero-order valence-corrected chi connectivity index (χ0v) is 10.1. The van der Waals surface area contributed by atoms with E-state index in [2.05, 4.69) is 30.8 Å². The molecule has 2 aromatic rings. The highest BCUT2D eigenvalue weighted by atomic mass is 15.3. The van der Waals surface area contributed by atoms with Crippen molar-refractivity contribution in [2.75, 3.05) is 17.7 Å². The van der Waals surface area contributed by atoms with Gasteiger partial charge >= 0.3 is 0 Å². The van der Waals surface area contributed by atoms with Crippen LogP contribution in [0.5, 0.6) is 0 Å². The maximum Gasteiger partial charge on any atom is 0.151 e. The van der Waals surface area contributed by atoms with Crippen LogP contribution in [0.4, 0.5) is 11.6 Å². The number of rotatable bonds is 4. The molecule has 0 bridgehead atoms. The predicted octanol–water partition coefficient (Wildman–Crippen LogP) is 0.567. The number of nitrogens with zero attached hydrogens (tertiary/aromatic N) is 5. The third-order valence-corrected chi connectivity index (χ3v) is 2.54. The van der Waals surface area contributed by atoms with Gasteiger partial charge in [0.2, 0.25) is 0 Å². The molecule has 0 atom stereocenters. The van der Waals surface area contributed by atoms with Crippen LogP contribution in [-0.2, 0) is 13.6 Å². The SMILES string of the molecule is CNc1ncnc(NCc2nncn2C)c1C. The normalized spacial score (nSPS) is 10.3. The quantitative estimate of drug-likeness (QED) is 0.803. The highest BCUT2D eigenvalue weighted by Crippen LogP contribution is 2.17. The Kier molecular flexibility index (Phi) is 3.17. The lowest BCUT2D eigenvalue weighted by molar-refractivity contribution is 0.809. The first-order valence-corrected chi connectivity index (χ1v) is 5.28. The van der Waals surface area contributed by atoms with Crippen molar-refractivity contribution < 1.29 is 0 Å². The van der Waals surface area contributed by atoms with Crippen LogP contribution in [0.1, 0.15) is 11.4 Å². The first-order valence-electron chi connectivity index (χ1n) is 5.28. The topological polar surface area (TPSA) is 80.6 Å². The lowest BCUT2D eigenvalue weighted by Gasteiger charge is -2.10. The molecule has 17 heavy (non-hydrogen) atoms. The lowest BCUT2D eigenvalue weighted by atomic mass is 10.3. The Hall–Kier alpha value is -2.18.